The van der Waals surface area contributed by atoms with Gasteiger partial charge in [0.1, 0.15) is 5.76 Å². The van der Waals surface area contributed by atoms with Crippen molar-refractivity contribution in [3.63, 3.8) is 0 Å². The van der Waals surface area contributed by atoms with Gasteiger partial charge >= 0.3 is 0 Å². The maximum Gasteiger partial charge on any atom is 0.295 e. The number of carbonyl (C=O) groups is 2. The van der Waals surface area contributed by atoms with Gasteiger partial charge in [0, 0.05) is 12.1 Å². The highest BCUT2D eigenvalue weighted by Crippen LogP contribution is 2.41. The molecule has 0 radical (unpaired) electrons. The normalized spacial score (nSPS) is 17.9. The number of benzene rings is 2. The number of aromatic hydroxyl groups is 1. The van der Waals surface area contributed by atoms with Gasteiger partial charge in [0.15, 0.2) is 11.5 Å². The number of aliphatic hydroxyl groups excluding tert-OH is 1. The Morgan fingerprint density at radius 1 is 1.06 bits per heavy atom. The Labute approximate surface area is 182 Å². The number of ketones is 1. The van der Waals surface area contributed by atoms with Gasteiger partial charge in [-0.3, -0.25) is 9.59 Å². The van der Waals surface area contributed by atoms with Gasteiger partial charge in [-0.05, 0) is 31.0 Å². The second-order valence-electron chi connectivity index (χ2n) is 7.85. The Kier molecular flexibility index (Phi) is 7.00. The number of nitrogens with zero attached hydrogens (tertiary/aromatic N) is 1. The van der Waals surface area contributed by atoms with Crippen LogP contribution in [0.25, 0.3) is 5.76 Å². The molecular formula is C25H29NO5. The summed E-state index contributed by atoms with van der Waals surface area (Å²) in [6.07, 6.45) is 3.82. The van der Waals surface area contributed by atoms with Crippen molar-refractivity contribution in [2.75, 3.05) is 13.7 Å². The topological polar surface area (TPSA) is 87.1 Å². The van der Waals surface area contributed by atoms with Gasteiger partial charge in [0.25, 0.3) is 11.7 Å². The first kappa shape index (κ1) is 22.4. The number of methoxy groups -OCH3 is 1. The molecule has 6 heteroatoms. The van der Waals surface area contributed by atoms with E-state index < -0.39 is 17.7 Å². The second kappa shape index (κ2) is 9.69. The smallest absolute Gasteiger partial charge is 0.295 e. The standard InChI is InChI=1S/C25H29NO5/c1-4-5-6-7-14-26-22(18-12-13-19(27)20(15-18)31-3)21(24(29)25(26)30)23(28)17-10-8-16(2)9-11-17/h8-13,15,22,27-28H,4-7,14H2,1-3H3. The van der Waals surface area contributed by atoms with Crippen molar-refractivity contribution in [3.05, 3.63) is 64.7 Å². The first-order chi connectivity index (χ1) is 14.9. The van der Waals surface area contributed by atoms with E-state index in [1.165, 1.54) is 18.1 Å². The lowest BCUT2D eigenvalue weighted by Crippen LogP contribution is -2.30. The lowest BCUT2D eigenvalue weighted by atomic mass is 9.94. The minimum absolute atomic E-state index is 0.0373. The Balaban J connectivity index is 2.10. The lowest BCUT2D eigenvalue weighted by molar-refractivity contribution is -0.139. The fourth-order valence-electron chi connectivity index (χ4n) is 3.90. The molecule has 164 valence electrons. The van der Waals surface area contributed by atoms with E-state index in [4.69, 9.17) is 4.74 Å². The molecule has 1 unspecified atom stereocenters. The number of rotatable bonds is 8. The molecule has 2 aromatic carbocycles. The maximum atomic E-state index is 13.0. The van der Waals surface area contributed by atoms with Crippen molar-refractivity contribution >= 4 is 17.4 Å². The maximum absolute atomic E-state index is 13.0. The molecule has 0 aliphatic carbocycles. The van der Waals surface area contributed by atoms with Crippen molar-refractivity contribution in [2.24, 2.45) is 0 Å². The van der Waals surface area contributed by atoms with Gasteiger partial charge in [-0.2, -0.15) is 0 Å². The molecule has 1 saturated heterocycles. The van der Waals surface area contributed by atoms with Crippen molar-refractivity contribution in [1.82, 2.24) is 4.90 Å². The van der Waals surface area contributed by atoms with Gasteiger partial charge in [-0.1, -0.05) is 62.1 Å². The van der Waals surface area contributed by atoms with Crippen LogP contribution < -0.4 is 4.74 Å². The molecular weight excluding hydrogens is 394 g/mol. The van der Waals surface area contributed by atoms with E-state index in [2.05, 4.69) is 6.92 Å². The predicted molar refractivity (Wildman–Crippen MR) is 119 cm³/mol. The quantitative estimate of drug-likeness (QED) is 0.278. The number of Topliss-reactive ketones (excluding diaryl/α,β-unsaturated/α-hetero) is 1. The zero-order chi connectivity index (χ0) is 22.5. The van der Waals surface area contributed by atoms with Crippen LogP contribution in [0, 0.1) is 6.92 Å². The predicted octanol–water partition coefficient (Wildman–Crippen LogP) is 4.71. The molecule has 1 amide bonds. The number of hydrogen-bond donors (Lipinski definition) is 2. The van der Waals surface area contributed by atoms with Gasteiger partial charge in [-0.25, -0.2) is 0 Å². The monoisotopic (exact) mass is 423 g/mol. The SMILES string of the molecule is CCCCCCN1C(=O)C(=O)C(=C(O)c2ccc(C)cc2)C1c1ccc(O)c(OC)c1. The fraction of sp³-hybridized carbons (Fsp3) is 0.360. The third-order valence-electron chi connectivity index (χ3n) is 5.64. The Morgan fingerprint density at radius 2 is 1.77 bits per heavy atom. The fourth-order valence-corrected chi connectivity index (χ4v) is 3.90. The van der Waals surface area contributed by atoms with E-state index in [0.29, 0.717) is 17.7 Å². The zero-order valence-corrected chi connectivity index (χ0v) is 18.2. The summed E-state index contributed by atoms with van der Waals surface area (Å²) in [5, 5.41) is 21.0. The second-order valence-corrected chi connectivity index (χ2v) is 7.85. The first-order valence-electron chi connectivity index (χ1n) is 10.6. The number of unbranched alkanes of at least 4 members (excludes halogenated alkanes) is 3. The molecule has 1 aliphatic heterocycles. The molecule has 2 aromatic rings. The van der Waals surface area contributed by atoms with Crippen molar-refractivity contribution < 1.29 is 24.5 Å². The summed E-state index contributed by atoms with van der Waals surface area (Å²) in [4.78, 5) is 27.4. The number of aliphatic hydroxyl groups is 1. The minimum atomic E-state index is -0.752. The third kappa shape index (κ3) is 4.58. The molecule has 31 heavy (non-hydrogen) atoms. The molecule has 1 fully saturated rings. The highest BCUT2D eigenvalue weighted by Gasteiger charge is 2.46. The molecule has 0 spiro atoms. The van der Waals surface area contributed by atoms with Crippen molar-refractivity contribution in [1.29, 1.82) is 0 Å². The molecule has 0 saturated carbocycles. The molecule has 6 nitrogen and oxygen atoms in total. The zero-order valence-electron chi connectivity index (χ0n) is 18.2. The van der Waals surface area contributed by atoms with Crippen LogP contribution in [0.5, 0.6) is 11.5 Å². The summed E-state index contributed by atoms with van der Waals surface area (Å²) in [7, 11) is 1.44. The van der Waals surface area contributed by atoms with E-state index in [0.717, 1.165) is 31.2 Å². The van der Waals surface area contributed by atoms with E-state index >= 15 is 0 Å². The highest BCUT2D eigenvalue weighted by molar-refractivity contribution is 6.46. The Hall–Kier alpha value is -3.28. The van der Waals surface area contributed by atoms with E-state index in [1.807, 2.05) is 19.1 Å². The summed E-state index contributed by atoms with van der Waals surface area (Å²) in [5.74, 6) is -1.33. The van der Waals surface area contributed by atoms with Gasteiger partial charge in [0.2, 0.25) is 0 Å². The van der Waals surface area contributed by atoms with Crippen LogP contribution in [0.1, 0.15) is 55.3 Å². The number of likely N-dealkylation sites (tertiary alicyclic amines) is 1. The van der Waals surface area contributed by atoms with E-state index in [9.17, 15) is 19.8 Å². The molecule has 2 N–H and O–H groups in total. The molecule has 3 rings (SSSR count). The van der Waals surface area contributed by atoms with Crippen LogP contribution in [0.15, 0.2) is 48.0 Å². The summed E-state index contributed by atoms with van der Waals surface area (Å²) in [6.45, 7) is 4.45. The molecule has 0 aromatic heterocycles. The summed E-state index contributed by atoms with van der Waals surface area (Å²) in [5.41, 5.74) is 2.15. The van der Waals surface area contributed by atoms with Crippen LogP contribution in [0.3, 0.4) is 0 Å². The van der Waals surface area contributed by atoms with Crippen LogP contribution in [0.4, 0.5) is 0 Å². The summed E-state index contributed by atoms with van der Waals surface area (Å²) in [6, 6.07) is 11.1. The van der Waals surface area contributed by atoms with Crippen LogP contribution in [-0.2, 0) is 9.59 Å². The van der Waals surface area contributed by atoms with E-state index in [1.54, 1.807) is 24.3 Å². The number of hydrogen-bond acceptors (Lipinski definition) is 5. The summed E-state index contributed by atoms with van der Waals surface area (Å²) >= 11 is 0. The molecule has 1 atom stereocenters. The Morgan fingerprint density at radius 3 is 2.42 bits per heavy atom. The van der Waals surface area contributed by atoms with Crippen molar-refractivity contribution in [2.45, 2.75) is 45.6 Å². The van der Waals surface area contributed by atoms with E-state index in [-0.39, 0.29) is 22.8 Å². The van der Waals surface area contributed by atoms with Crippen LogP contribution in [-0.4, -0.2) is 40.5 Å². The average Bonchev–Trinajstić information content (AvgIpc) is 3.02. The third-order valence-corrected chi connectivity index (χ3v) is 5.64. The molecule has 1 aliphatic rings. The first-order valence-corrected chi connectivity index (χ1v) is 10.6. The largest absolute Gasteiger partial charge is 0.507 e. The minimum Gasteiger partial charge on any atom is -0.507 e. The van der Waals surface area contributed by atoms with Crippen LogP contribution >= 0.6 is 0 Å². The summed E-state index contributed by atoms with van der Waals surface area (Å²) < 4.78 is 5.22. The number of aryl methyl sites for hydroxylation is 1. The lowest BCUT2D eigenvalue weighted by Gasteiger charge is -2.25. The number of phenols is 1. The van der Waals surface area contributed by atoms with Gasteiger partial charge in [-0.15, -0.1) is 0 Å². The highest BCUT2D eigenvalue weighted by atomic mass is 16.5. The Bertz CT molecular complexity index is 993. The molecule has 0 bridgehead atoms. The number of ether oxygens (including phenoxy) is 1. The number of phenolic OH excluding ortho intramolecular Hbond substituents is 1. The van der Waals surface area contributed by atoms with Gasteiger partial charge < -0.3 is 19.8 Å². The van der Waals surface area contributed by atoms with Crippen molar-refractivity contribution in [3.8, 4) is 11.5 Å². The van der Waals surface area contributed by atoms with Gasteiger partial charge in [0.05, 0.1) is 18.7 Å². The van der Waals surface area contributed by atoms with Crippen LogP contribution in [0.2, 0.25) is 0 Å². The number of amides is 1. The average molecular weight is 424 g/mol. The number of carbonyl (C=O) groups excluding carboxylic acids is 2. The molecule has 1 heterocycles.